The molecular weight excluding hydrogens is 355 g/mol. The molecule has 0 saturated heterocycles. The molecule has 0 aliphatic rings. The molecule has 0 aliphatic carbocycles. The van der Waals surface area contributed by atoms with Crippen LogP contribution in [0, 0.1) is 11.6 Å². The van der Waals surface area contributed by atoms with Gasteiger partial charge in [0, 0.05) is 10.4 Å². The van der Waals surface area contributed by atoms with Crippen LogP contribution in [0.25, 0.3) is 0 Å². The van der Waals surface area contributed by atoms with E-state index in [-0.39, 0.29) is 12.0 Å². The normalized spacial score (nSPS) is 13.2. The Hall–Kier alpha value is -1.43. The van der Waals surface area contributed by atoms with Gasteiger partial charge < -0.3 is 0 Å². The van der Waals surface area contributed by atoms with Crippen LogP contribution in [0.4, 0.5) is 22.0 Å². The van der Waals surface area contributed by atoms with Crippen molar-refractivity contribution >= 4 is 15.9 Å². The van der Waals surface area contributed by atoms with E-state index < -0.39 is 28.2 Å². The first-order valence-electron chi connectivity index (χ1n) is 6.03. The van der Waals surface area contributed by atoms with Crippen LogP contribution < -0.4 is 0 Å². The Labute approximate surface area is 126 Å². The molecule has 0 amide bonds. The number of alkyl halides is 4. The highest BCUT2D eigenvalue weighted by atomic mass is 79.9. The fourth-order valence-corrected chi connectivity index (χ4v) is 2.54. The van der Waals surface area contributed by atoms with Crippen LogP contribution in [0.5, 0.6) is 0 Å². The van der Waals surface area contributed by atoms with Gasteiger partial charge in [0.25, 0.3) is 0 Å². The molecule has 0 aromatic heterocycles. The Bertz CT molecular complexity index is 616. The van der Waals surface area contributed by atoms with Crippen molar-refractivity contribution in [2.75, 3.05) is 0 Å². The molecule has 0 fully saturated rings. The van der Waals surface area contributed by atoms with Crippen molar-refractivity contribution in [2.45, 2.75) is 17.4 Å². The molecule has 2 aromatic carbocycles. The van der Waals surface area contributed by atoms with E-state index in [0.717, 1.165) is 24.3 Å². The average Bonchev–Trinajstić information content (AvgIpc) is 2.42. The third-order valence-electron chi connectivity index (χ3n) is 3.02. The molecule has 0 spiro atoms. The van der Waals surface area contributed by atoms with Gasteiger partial charge in [-0.3, -0.25) is 0 Å². The smallest absolute Gasteiger partial charge is 0.207 e. The quantitative estimate of drug-likeness (QED) is 0.486. The number of hydrogen-bond donors (Lipinski definition) is 0. The minimum absolute atomic E-state index is 0.0835. The van der Waals surface area contributed by atoms with E-state index in [9.17, 15) is 22.0 Å². The summed E-state index contributed by atoms with van der Waals surface area (Å²) in [6, 6.07) is 8.14. The Balaban J connectivity index is 2.27. The Kier molecular flexibility index (Phi) is 4.66. The fraction of sp³-hybridized carbons (Fsp3) is 0.200. The lowest BCUT2D eigenvalue weighted by atomic mass is 10.0. The van der Waals surface area contributed by atoms with E-state index >= 15 is 0 Å². The summed E-state index contributed by atoms with van der Waals surface area (Å²) in [4.78, 5) is -0.619. The summed E-state index contributed by atoms with van der Waals surface area (Å²) >= 11 is 3.19. The highest BCUT2D eigenvalue weighted by molar-refractivity contribution is 9.09. The monoisotopic (exact) mass is 364 g/mol. The van der Waals surface area contributed by atoms with Gasteiger partial charge >= 0.3 is 6.18 Å². The molecule has 0 aliphatic heterocycles. The Morgan fingerprint density at radius 1 is 0.952 bits per heavy atom. The standard InChI is InChI=1S/C15H10BrF5/c16-12(8-11-13(17)5-2-6-14(11)18)9-3-1-4-10(7-9)15(19,20)21/h1-7,12H,8H2. The van der Waals surface area contributed by atoms with Gasteiger partial charge in [0.2, 0.25) is 0 Å². The number of halogens is 6. The van der Waals surface area contributed by atoms with E-state index in [0.29, 0.717) is 5.56 Å². The molecule has 0 bridgehead atoms. The van der Waals surface area contributed by atoms with Crippen molar-refractivity contribution in [1.29, 1.82) is 0 Å². The second-order valence-corrected chi connectivity index (χ2v) is 5.60. The average molecular weight is 365 g/mol. The van der Waals surface area contributed by atoms with Gasteiger partial charge in [-0.15, -0.1) is 0 Å². The van der Waals surface area contributed by atoms with Crippen molar-refractivity contribution < 1.29 is 22.0 Å². The predicted octanol–water partition coefficient (Wildman–Crippen LogP) is 5.66. The first kappa shape index (κ1) is 15.9. The minimum Gasteiger partial charge on any atom is -0.207 e. The first-order valence-corrected chi connectivity index (χ1v) is 6.94. The zero-order valence-electron chi connectivity index (χ0n) is 10.6. The minimum atomic E-state index is -4.45. The maximum Gasteiger partial charge on any atom is 0.416 e. The van der Waals surface area contributed by atoms with Crippen LogP contribution in [-0.2, 0) is 12.6 Å². The largest absolute Gasteiger partial charge is 0.416 e. The van der Waals surface area contributed by atoms with Gasteiger partial charge in [-0.1, -0.05) is 40.2 Å². The molecule has 0 nitrogen and oxygen atoms in total. The molecule has 21 heavy (non-hydrogen) atoms. The highest BCUT2D eigenvalue weighted by Crippen LogP contribution is 2.34. The molecule has 2 rings (SSSR count). The lowest BCUT2D eigenvalue weighted by Gasteiger charge is -2.14. The Morgan fingerprint density at radius 3 is 2.10 bits per heavy atom. The molecule has 6 heteroatoms. The molecule has 1 unspecified atom stereocenters. The van der Waals surface area contributed by atoms with E-state index in [2.05, 4.69) is 15.9 Å². The maximum absolute atomic E-state index is 13.6. The van der Waals surface area contributed by atoms with Crippen molar-refractivity contribution in [3.63, 3.8) is 0 Å². The van der Waals surface area contributed by atoms with Crippen molar-refractivity contribution in [3.8, 4) is 0 Å². The molecule has 0 saturated carbocycles. The van der Waals surface area contributed by atoms with Crippen LogP contribution in [0.2, 0.25) is 0 Å². The number of rotatable bonds is 3. The number of hydrogen-bond acceptors (Lipinski definition) is 0. The maximum atomic E-state index is 13.6. The second-order valence-electron chi connectivity index (χ2n) is 4.50. The van der Waals surface area contributed by atoms with E-state index in [1.807, 2.05) is 0 Å². The summed E-state index contributed by atoms with van der Waals surface area (Å²) in [5.41, 5.74) is -0.636. The molecule has 112 valence electrons. The van der Waals surface area contributed by atoms with Gasteiger partial charge in [0.1, 0.15) is 11.6 Å². The third-order valence-corrected chi connectivity index (χ3v) is 3.87. The summed E-state index contributed by atoms with van der Waals surface area (Å²) in [5.74, 6) is -1.43. The van der Waals surface area contributed by atoms with Crippen molar-refractivity contribution in [1.82, 2.24) is 0 Å². The topological polar surface area (TPSA) is 0 Å². The molecular formula is C15H10BrF5. The van der Waals surface area contributed by atoms with Crippen LogP contribution in [-0.4, -0.2) is 0 Å². The third kappa shape index (κ3) is 3.81. The SMILES string of the molecule is Fc1cccc(F)c1CC(Br)c1cccc(C(F)(F)F)c1. The summed E-state index contributed by atoms with van der Waals surface area (Å²) in [7, 11) is 0. The summed E-state index contributed by atoms with van der Waals surface area (Å²) < 4.78 is 65.1. The zero-order valence-corrected chi connectivity index (χ0v) is 12.2. The Morgan fingerprint density at radius 2 is 1.52 bits per heavy atom. The summed E-state index contributed by atoms with van der Waals surface area (Å²) in [6.45, 7) is 0. The van der Waals surface area contributed by atoms with Crippen molar-refractivity contribution in [2.24, 2.45) is 0 Å². The van der Waals surface area contributed by atoms with E-state index in [1.54, 1.807) is 0 Å². The molecule has 0 heterocycles. The number of benzene rings is 2. The lowest BCUT2D eigenvalue weighted by Crippen LogP contribution is -2.07. The summed E-state index contributed by atoms with van der Waals surface area (Å²) in [5, 5.41) is 0. The fourth-order valence-electron chi connectivity index (χ4n) is 1.93. The lowest BCUT2D eigenvalue weighted by molar-refractivity contribution is -0.137. The second kappa shape index (κ2) is 6.13. The van der Waals surface area contributed by atoms with Crippen LogP contribution in [0.1, 0.15) is 21.5 Å². The van der Waals surface area contributed by atoms with E-state index in [1.165, 1.54) is 18.2 Å². The van der Waals surface area contributed by atoms with Gasteiger partial charge in [0.15, 0.2) is 0 Å². The van der Waals surface area contributed by atoms with Gasteiger partial charge in [-0.05, 0) is 30.2 Å². The first-order chi connectivity index (χ1) is 9.79. The van der Waals surface area contributed by atoms with Gasteiger partial charge in [-0.25, -0.2) is 8.78 Å². The van der Waals surface area contributed by atoms with Crippen LogP contribution in [0.3, 0.4) is 0 Å². The van der Waals surface area contributed by atoms with Gasteiger partial charge in [0.05, 0.1) is 5.56 Å². The predicted molar refractivity (Wildman–Crippen MR) is 73.2 cm³/mol. The molecule has 0 N–H and O–H groups in total. The highest BCUT2D eigenvalue weighted by Gasteiger charge is 2.31. The van der Waals surface area contributed by atoms with Crippen LogP contribution >= 0.6 is 15.9 Å². The zero-order chi connectivity index (χ0) is 15.6. The molecule has 1 atom stereocenters. The van der Waals surface area contributed by atoms with Crippen molar-refractivity contribution in [3.05, 3.63) is 70.8 Å². The van der Waals surface area contributed by atoms with E-state index in [4.69, 9.17) is 0 Å². The summed E-state index contributed by atoms with van der Waals surface area (Å²) in [6.07, 6.45) is -4.54. The van der Waals surface area contributed by atoms with Gasteiger partial charge in [-0.2, -0.15) is 13.2 Å². The molecule has 0 radical (unpaired) electrons. The molecule has 2 aromatic rings. The van der Waals surface area contributed by atoms with Crippen LogP contribution in [0.15, 0.2) is 42.5 Å².